The van der Waals surface area contributed by atoms with Gasteiger partial charge in [-0.25, -0.2) is 9.78 Å². The summed E-state index contributed by atoms with van der Waals surface area (Å²) in [7, 11) is 3.69. The minimum Gasteiger partial charge on any atom is -0.362 e. The number of anilines is 1. The first-order valence-electron chi connectivity index (χ1n) is 6.73. The fourth-order valence-electron chi connectivity index (χ4n) is 2.45. The van der Waals surface area contributed by atoms with Gasteiger partial charge in [0.05, 0.1) is 11.6 Å². The van der Waals surface area contributed by atoms with Gasteiger partial charge in [-0.2, -0.15) is 10.1 Å². The number of aromatic amines is 1. The molecule has 0 aliphatic heterocycles. The highest BCUT2D eigenvalue weighted by atomic mass is 35.5. The van der Waals surface area contributed by atoms with E-state index in [1.807, 2.05) is 27.1 Å². The van der Waals surface area contributed by atoms with E-state index in [9.17, 15) is 4.79 Å². The molecule has 0 fully saturated rings. The van der Waals surface area contributed by atoms with E-state index < -0.39 is 0 Å². The van der Waals surface area contributed by atoms with E-state index in [1.165, 1.54) is 6.33 Å². The number of hydrogen-bond donors (Lipinski definition) is 1. The van der Waals surface area contributed by atoms with Crippen LogP contribution in [-0.4, -0.2) is 38.8 Å². The summed E-state index contributed by atoms with van der Waals surface area (Å²) in [5, 5.41) is 8.03. The van der Waals surface area contributed by atoms with Crippen molar-refractivity contribution in [1.29, 1.82) is 0 Å². The molecule has 1 aromatic carbocycles. The summed E-state index contributed by atoms with van der Waals surface area (Å²) in [5.74, 6) is 1.19. The number of nitrogens with one attached hydrogen (secondary N) is 1. The summed E-state index contributed by atoms with van der Waals surface area (Å²) in [6.07, 6.45) is 1.41. The summed E-state index contributed by atoms with van der Waals surface area (Å²) in [6.45, 7) is 1.86. The molecule has 0 bridgehead atoms. The minimum absolute atomic E-state index is 0.334. The predicted octanol–water partition coefficient (Wildman–Crippen LogP) is 1.84. The number of nitrogens with zero attached hydrogens (tertiary/aromatic N) is 5. The van der Waals surface area contributed by atoms with Crippen LogP contribution in [-0.2, 0) is 0 Å². The second kappa shape index (κ2) is 5.42. The Bertz CT molecular complexity index is 871. The van der Waals surface area contributed by atoms with E-state index in [-0.39, 0.29) is 11.7 Å². The van der Waals surface area contributed by atoms with Crippen LogP contribution in [0.1, 0.15) is 18.8 Å². The molecule has 7 nitrogen and oxygen atoms in total. The number of benzene rings is 1. The quantitative estimate of drug-likeness (QED) is 0.797. The van der Waals surface area contributed by atoms with E-state index in [0.29, 0.717) is 22.2 Å². The van der Waals surface area contributed by atoms with Crippen LogP contribution in [0, 0.1) is 0 Å². The average molecular weight is 319 g/mol. The molecule has 22 heavy (non-hydrogen) atoms. The predicted molar refractivity (Wildman–Crippen MR) is 85.5 cm³/mol. The van der Waals surface area contributed by atoms with Crippen LogP contribution < -0.4 is 10.6 Å². The van der Waals surface area contributed by atoms with Gasteiger partial charge in [-0.3, -0.25) is 9.67 Å². The van der Waals surface area contributed by atoms with Crippen LogP contribution >= 0.6 is 11.6 Å². The normalized spacial score (nSPS) is 12.5. The number of rotatable bonds is 3. The maximum absolute atomic E-state index is 12.5. The first-order valence-corrected chi connectivity index (χ1v) is 7.11. The van der Waals surface area contributed by atoms with Gasteiger partial charge in [-0.1, -0.05) is 11.6 Å². The Morgan fingerprint density at radius 2 is 2.14 bits per heavy atom. The maximum Gasteiger partial charge on any atom is 0.350 e. The van der Waals surface area contributed by atoms with Crippen molar-refractivity contribution < 1.29 is 0 Å². The number of halogens is 1. The summed E-state index contributed by atoms with van der Waals surface area (Å²) in [5.41, 5.74) is 0.350. The fraction of sp³-hybridized carbons (Fsp3) is 0.286. The molecular formula is C14H15ClN6O. The lowest BCUT2D eigenvalue weighted by atomic mass is 10.2. The smallest absolute Gasteiger partial charge is 0.350 e. The van der Waals surface area contributed by atoms with Gasteiger partial charge in [0.25, 0.3) is 0 Å². The van der Waals surface area contributed by atoms with Gasteiger partial charge < -0.3 is 4.90 Å². The van der Waals surface area contributed by atoms with Crippen molar-refractivity contribution in [3.05, 3.63) is 45.9 Å². The van der Waals surface area contributed by atoms with Crippen LogP contribution in [0.3, 0.4) is 0 Å². The summed E-state index contributed by atoms with van der Waals surface area (Å²) in [6, 6.07) is 5.08. The van der Waals surface area contributed by atoms with Crippen molar-refractivity contribution in [2.24, 2.45) is 0 Å². The zero-order valence-corrected chi connectivity index (χ0v) is 13.2. The third-order valence-electron chi connectivity index (χ3n) is 3.51. The standard InChI is InChI=1S/C14H15ClN6O/c1-8(12-16-7-17-19-12)21-11-6-9(15)4-5-10(11)13(20(2)3)18-14(21)22/h4-8H,1-3H3,(H,16,17,19)/t8-/m0/s1. The molecule has 1 N–H and O–H groups in total. The fourth-order valence-corrected chi connectivity index (χ4v) is 2.62. The first kappa shape index (κ1) is 14.5. The van der Waals surface area contributed by atoms with Crippen LogP contribution in [0.5, 0.6) is 0 Å². The Hall–Kier alpha value is -2.41. The second-order valence-corrected chi connectivity index (χ2v) is 5.63. The summed E-state index contributed by atoms with van der Waals surface area (Å²) < 4.78 is 1.56. The topological polar surface area (TPSA) is 79.7 Å². The lowest BCUT2D eigenvalue weighted by molar-refractivity contribution is 0.589. The van der Waals surface area contributed by atoms with Crippen LogP contribution in [0.15, 0.2) is 29.3 Å². The third-order valence-corrected chi connectivity index (χ3v) is 3.74. The zero-order chi connectivity index (χ0) is 15.9. The molecule has 2 aromatic heterocycles. The molecule has 0 saturated heterocycles. The Morgan fingerprint density at radius 1 is 1.36 bits per heavy atom. The monoisotopic (exact) mass is 318 g/mol. The van der Waals surface area contributed by atoms with Crippen LogP contribution in [0.2, 0.25) is 5.02 Å². The molecule has 0 aliphatic rings. The molecule has 0 amide bonds. The van der Waals surface area contributed by atoms with E-state index in [4.69, 9.17) is 11.6 Å². The summed E-state index contributed by atoms with van der Waals surface area (Å²) >= 11 is 6.12. The number of fused-ring (bicyclic) bond motifs is 1. The van der Waals surface area contributed by atoms with E-state index in [1.54, 1.807) is 21.6 Å². The SMILES string of the molecule is C[C@@H](c1ncn[nH]1)n1c(=O)nc(N(C)C)c2ccc(Cl)cc21. The molecule has 0 saturated carbocycles. The highest BCUT2D eigenvalue weighted by Gasteiger charge is 2.19. The number of aromatic nitrogens is 5. The lowest BCUT2D eigenvalue weighted by Crippen LogP contribution is -2.29. The Kier molecular flexibility index (Phi) is 3.58. The molecule has 0 unspecified atom stereocenters. The van der Waals surface area contributed by atoms with Crippen LogP contribution in [0.25, 0.3) is 10.9 Å². The Balaban J connectivity index is 2.35. The van der Waals surface area contributed by atoms with Gasteiger partial charge in [0.15, 0.2) is 0 Å². The highest BCUT2D eigenvalue weighted by Crippen LogP contribution is 2.27. The van der Waals surface area contributed by atoms with Crippen molar-refractivity contribution in [3.8, 4) is 0 Å². The van der Waals surface area contributed by atoms with Crippen LogP contribution in [0.4, 0.5) is 5.82 Å². The van der Waals surface area contributed by atoms with E-state index >= 15 is 0 Å². The van der Waals surface area contributed by atoms with Crippen molar-refractivity contribution in [2.45, 2.75) is 13.0 Å². The van der Waals surface area contributed by atoms with Gasteiger partial charge >= 0.3 is 5.69 Å². The highest BCUT2D eigenvalue weighted by molar-refractivity contribution is 6.31. The molecule has 8 heteroatoms. The molecule has 1 atom stereocenters. The molecule has 3 aromatic rings. The van der Waals surface area contributed by atoms with Gasteiger partial charge in [0, 0.05) is 24.5 Å². The molecule has 0 aliphatic carbocycles. The zero-order valence-electron chi connectivity index (χ0n) is 12.4. The van der Waals surface area contributed by atoms with Gasteiger partial charge in [-0.05, 0) is 25.1 Å². The van der Waals surface area contributed by atoms with Gasteiger partial charge in [0.2, 0.25) is 0 Å². The van der Waals surface area contributed by atoms with Gasteiger partial charge in [-0.15, -0.1) is 0 Å². The Morgan fingerprint density at radius 3 is 2.77 bits per heavy atom. The first-order chi connectivity index (χ1) is 10.5. The molecule has 0 spiro atoms. The Labute approximate surface area is 131 Å². The lowest BCUT2D eigenvalue weighted by Gasteiger charge is -2.20. The van der Waals surface area contributed by atoms with Crippen molar-refractivity contribution in [3.63, 3.8) is 0 Å². The van der Waals surface area contributed by atoms with Crippen molar-refractivity contribution in [1.82, 2.24) is 24.7 Å². The number of H-pyrrole nitrogens is 1. The minimum atomic E-state index is -0.359. The molecule has 2 heterocycles. The summed E-state index contributed by atoms with van der Waals surface area (Å²) in [4.78, 5) is 22.6. The average Bonchev–Trinajstić information content (AvgIpc) is 2.99. The largest absolute Gasteiger partial charge is 0.362 e. The van der Waals surface area contributed by atoms with Crippen molar-refractivity contribution >= 4 is 28.3 Å². The maximum atomic E-state index is 12.5. The third kappa shape index (κ3) is 2.33. The molecule has 114 valence electrons. The second-order valence-electron chi connectivity index (χ2n) is 5.19. The van der Waals surface area contributed by atoms with E-state index in [2.05, 4.69) is 20.2 Å². The molecular weight excluding hydrogens is 304 g/mol. The van der Waals surface area contributed by atoms with E-state index in [0.717, 1.165) is 5.39 Å². The van der Waals surface area contributed by atoms with Crippen molar-refractivity contribution in [2.75, 3.05) is 19.0 Å². The molecule has 3 rings (SSSR count). The number of hydrogen-bond acceptors (Lipinski definition) is 5. The van der Waals surface area contributed by atoms with Gasteiger partial charge in [0.1, 0.15) is 18.0 Å². The molecule has 0 radical (unpaired) electrons.